The Morgan fingerprint density at radius 2 is 2.06 bits per heavy atom. The molecule has 3 heteroatoms. The Balaban J connectivity index is 3.01. The Kier molecular flexibility index (Phi) is 4.45. The van der Waals surface area contributed by atoms with Crippen molar-refractivity contribution in [3.63, 3.8) is 0 Å². The van der Waals surface area contributed by atoms with Crippen molar-refractivity contribution < 1.29 is 8.78 Å². The first-order chi connectivity index (χ1) is 7.60. The van der Waals surface area contributed by atoms with Crippen LogP contribution in [-0.4, -0.2) is 6.54 Å². The van der Waals surface area contributed by atoms with E-state index < -0.39 is 17.7 Å². The SMILES string of the molecule is C#CC(NCCC)c1cc(C)c(F)cc1F. The summed E-state index contributed by atoms with van der Waals surface area (Å²) in [5.74, 6) is 1.32. The molecular weight excluding hydrogens is 208 g/mol. The van der Waals surface area contributed by atoms with Gasteiger partial charge in [-0.15, -0.1) is 6.42 Å². The highest BCUT2D eigenvalue weighted by Gasteiger charge is 2.14. The van der Waals surface area contributed by atoms with Gasteiger partial charge in [0.25, 0.3) is 0 Å². The number of benzene rings is 1. The molecule has 1 unspecified atom stereocenters. The van der Waals surface area contributed by atoms with Crippen LogP contribution in [0.3, 0.4) is 0 Å². The Bertz CT molecular complexity index is 407. The van der Waals surface area contributed by atoms with Crippen LogP contribution in [0.25, 0.3) is 0 Å². The Morgan fingerprint density at radius 3 is 2.62 bits per heavy atom. The molecule has 1 aromatic rings. The van der Waals surface area contributed by atoms with Crippen LogP contribution in [0.15, 0.2) is 12.1 Å². The Morgan fingerprint density at radius 1 is 1.38 bits per heavy atom. The van der Waals surface area contributed by atoms with Crippen molar-refractivity contribution in [2.45, 2.75) is 26.3 Å². The molecule has 0 aliphatic rings. The first-order valence-corrected chi connectivity index (χ1v) is 5.25. The van der Waals surface area contributed by atoms with Crippen LogP contribution in [0.2, 0.25) is 0 Å². The number of hydrogen-bond donors (Lipinski definition) is 1. The third-order valence-corrected chi connectivity index (χ3v) is 2.35. The summed E-state index contributed by atoms with van der Waals surface area (Å²) in [6, 6.07) is 1.83. The zero-order valence-corrected chi connectivity index (χ0v) is 9.48. The predicted octanol–water partition coefficient (Wildman–Crippen LogP) is 2.95. The first kappa shape index (κ1) is 12.7. The van der Waals surface area contributed by atoms with Crippen LogP contribution < -0.4 is 5.32 Å². The lowest BCUT2D eigenvalue weighted by molar-refractivity contribution is 0.541. The van der Waals surface area contributed by atoms with Crippen molar-refractivity contribution >= 4 is 0 Å². The molecule has 1 nitrogen and oxygen atoms in total. The highest BCUT2D eigenvalue weighted by atomic mass is 19.1. The van der Waals surface area contributed by atoms with Crippen molar-refractivity contribution in [3.8, 4) is 12.3 Å². The second kappa shape index (κ2) is 5.62. The number of terminal acetylenes is 1. The minimum Gasteiger partial charge on any atom is -0.300 e. The molecule has 0 fully saturated rings. The van der Waals surface area contributed by atoms with E-state index in [1.165, 1.54) is 6.07 Å². The van der Waals surface area contributed by atoms with Gasteiger partial charge in [-0.3, -0.25) is 5.32 Å². The van der Waals surface area contributed by atoms with Gasteiger partial charge < -0.3 is 0 Å². The van der Waals surface area contributed by atoms with Crippen LogP contribution in [0, 0.1) is 30.9 Å². The molecule has 0 saturated heterocycles. The van der Waals surface area contributed by atoms with Gasteiger partial charge in [-0.1, -0.05) is 12.8 Å². The maximum atomic E-state index is 13.5. The van der Waals surface area contributed by atoms with Gasteiger partial charge >= 0.3 is 0 Å². The standard InChI is InChI=1S/C13H15F2N/c1-4-6-16-13(5-2)10-7-9(3)11(14)8-12(10)15/h2,7-8,13,16H,4,6H2,1,3H3. The van der Waals surface area contributed by atoms with E-state index in [4.69, 9.17) is 6.42 Å². The van der Waals surface area contributed by atoms with Gasteiger partial charge in [0.05, 0.1) is 6.04 Å². The third kappa shape index (κ3) is 2.80. The largest absolute Gasteiger partial charge is 0.300 e. The van der Waals surface area contributed by atoms with Gasteiger partial charge in [-0.05, 0) is 31.5 Å². The highest BCUT2D eigenvalue weighted by Crippen LogP contribution is 2.20. The molecule has 16 heavy (non-hydrogen) atoms. The van der Waals surface area contributed by atoms with Crippen LogP contribution >= 0.6 is 0 Å². The van der Waals surface area contributed by atoms with E-state index in [0.717, 1.165) is 12.5 Å². The molecule has 1 aromatic carbocycles. The lowest BCUT2D eigenvalue weighted by atomic mass is 10.0. The van der Waals surface area contributed by atoms with Crippen LogP contribution in [0.5, 0.6) is 0 Å². The molecule has 0 aromatic heterocycles. The molecular formula is C13H15F2N. The molecule has 0 aliphatic heterocycles. The van der Waals surface area contributed by atoms with Crippen molar-refractivity contribution in [2.75, 3.05) is 6.54 Å². The number of nitrogens with one attached hydrogen (secondary N) is 1. The molecule has 0 bridgehead atoms. The quantitative estimate of drug-likeness (QED) is 0.774. The van der Waals surface area contributed by atoms with Crippen LogP contribution in [-0.2, 0) is 0 Å². The van der Waals surface area contributed by atoms with E-state index >= 15 is 0 Å². The Hall–Kier alpha value is -1.40. The second-order valence-electron chi connectivity index (χ2n) is 3.68. The van der Waals surface area contributed by atoms with Crippen molar-refractivity contribution in [1.29, 1.82) is 0 Å². The molecule has 0 aliphatic carbocycles. The van der Waals surface area contributed by atoms with Gasteiger partial charge in [-0.25, -0.2) is 8.78 Å². The molecule has 0 saturated carbocycles. The monoisotopic (exact) mass is 223 g/mol. The van der Waals surface area contributed by atoms with E-state index in [1.807, 2.05) is 6.92 Å². The summed E-state index contributed by atoms with van der Waals surface area (Å²) in [5.41, 5.74) is 0.727. The number of halogens is 2. The van der Waals surface area contributed by atoms with Gasteiger partial charge in [0.15, 0.2) is 0 Å². The maximum Gasteiger partial charge on any atom is 0.131 e. The fraction of sp³-hybridized carbons (Fsp3) is 0.385. The van der Waals surface area contributed by atoms with Crippen molar-refractivity contribution in [1.82, 2.24) is 5.32 Å². The average molecular weight is 223 g/mol. The molecule has 0 heterocycles. The molecule has 0 amide bonds. The zero-order chi connectivity index (χ0) is 12.1. The predicted molar refractivity (Wildman–Crippen MR) is 61.0 cm³/mol. The van der Waals surface area contributed by atoms with E-state index in [-0.39, 0.29) is 0 Å². The maximum absolute atomic E-state index is 13.5. The average Bonchev–Trinajstić information content (AvgIpc) is 2.26. The number of aryl methyl sites for hydroxylation is 1. The Labute approximate surface area is 94.9 Å². The van der Waals surface area contributed by atoms with Gasteiger partial charge in [-0.2, -0.15) is 0 Å². The van der Waals surface area contributed by atoms with Crippen molar-refractivity contribution in [2.24, 2.45) is 0 Å². The normalized spacial score (nSPS) is 12.2. The topological polar surface area (TPSA) is 12.0 Å². The second-order valence-corrected chi connectivity index (χ2v) is 3.68. The van der Waals surface area contributed by atoms with Crippen LogP contribution in [0.1, 0.15) is 30.5 Å². The summed E-state index contributed by atoms with van der Waals surface area (Å²) in [5, 5.41) is 3.02. The summed E-state index contributed by atoms with van der Waals surface area (Å²) in [7, 11) is 0. The summed E-state index contributed by atoms with van der Waals surface area (Å²) in [6.45, 7) is 4.28. The third-order valence-electron chi connectivity index (χ3n) is 2.35. The van der Waals surface area contributed by atoms with E-state index in [9.17, 15) is 8.78 Å². The summed E-state index contributed by atoms with van der Waals surface area (Å²) < 4.78 is 26.6. The minimum absolute atomic E-state index is 0.329. The molecule has 1 N–H and O–H groups in total. The van der Waals surface area contributed by atoms with E-state index in [0.29, 0.717) is 17.7 Å². The lowest BCUT2D eigenvalue weighted by Crippen LogP contribution is -2.21. The summed E-state index contributed by atoms with van der Waals surface area (Å²) in [4.78, 5) is 0. The van der Waals surface area contributed by atoms with E-state index in [2.05, 4.69) is 11.2 Å². The van der Waals surface area contributed by atoms with E-state index in [1.54, 1.807) is 6.92 Å². The fourth-order valence-electron chi connectivity index (χ4n) is 1.45. The van der Waals surface area contributed by atoms with Crippen molar-refractivity contribution in [3.05, 3.63) is 34.9 Å². The van der Waals surface area contributed by atoms with Crippen LogP contribution in [0.4, 0.5) is 8.78 Å². The molecule has 1 atom stereocenters. The van der Waals surface area contributed by atoms with Gasteiger partial charge in [0, 0.05) is 11.6 Å². The fourth-order valence-corrected chi connectivity index (χ4v) is 1.45. The molecule has 86 valence electrons. The molecule has 0 radical (unpaired) electrons. The smallest absolute Gasteiger partial charge is 0.131 e. The van der Waals surface area contributed by atoms with Gasteiger partial charge in [0.2, 0.25) is 0 Å². The number of hydrogen-bond acceptors (Lipinski definition) is 1. The lowest BCUT2D eigenvalue weighted by Gasteiger charge is -2.14. The zero-order valence-electron chi connectivity index (χ0n) is 9.48. The number of rotatable bonds is 4. The first-order valence-electron chi connectivity index (χ1n) is 5.25. The molecule has 0 spiro atoms. The van der Waals surface area contributed by atoms with Gasteiger partial charge in [0.1, 0.15) is 11.6 Å². The summed E-state index contributed by atoms with van der Waals surface area (Å²) >= 11 is 0. The molecule has 1 rings (SSSR count). The minimum atomic E-state index is -0.602. The highest BCUT2D eigenvalue weighted by molar-refractivity contribution is 5.32. The summed E-state index contributed by atoms with van der Waals surface area (Å²) in [6.07, 6.45) is 6.23.